The smallest absolute Gasteiger partial charge is 0.348 e. The van der Waals surface area contributed by atoms with Gasteiger partial charge in [0.2, 0.25) is 0 Å². The third-order valence-electron chi connectivity index (χ3n) is 3.91. The zero-order chi connectivity index (χ0) is 18.5. The SMILES string of the molecule is CCCCOC(=O)c1ccc(CCCNCCSCc2ccccc2)s1. The lowest BCUT2D eigenvalue weighted by Gasteiger charge is -2.04. The van der Waals surface area contributed by atoms with Crippen LogP contribution in [0.2, 0.25) is 0 Å². The summed E-state index contributed by atoms with van der Waals surface area (Å²) in [5, 5.41) is 3.50. The van der Waals surface area contributed by atoms with Crippen molar-refractivity contribution in [2.75, 3.05) is 25.4 Å². The standard InChI is InChI=1S/C21H29NO2S2/c1-2-3-15-24-21(23)20-12-11-19(26-20)10-7-13-22-14-16-25-17-18-8-5-4-6-9-18/h4-6,8-9,11-12,22H,2-3,7,10,13-17H2,1H3. The predicted molar refractivity (Wildman–Crippen MR) is 113 cm³/mol. The number of rotatable bonds is 13. The van der Waals surface area contributed by atoms with E-state index < -0.39 is 0 Å². The van der Waals surface area contributed by atoms with E-state index in [1.165, 1.54) is 10.4 Å². The summed E-state index contributed by atoms with van der Waals surface area (Å²) in [6.07, 6.45) is 4.07. The Hall–Kier alpha value is -1.30. The maximum atomic E-state index is 11.9. The van der Waals surface area contributed by atoms with E-state index in [1.807, 2.05) is 17.8 Å². The van der Waals surface area contributed by atoms with Crippen molar-refractivity contribution in [2.24, 2.45) is 0 Å². The van der Waals surface area contributed by atoms with Crippen molar-refractivity contribution in [3.05, 3.63) is 57.8 Å². The molecule has 0 aliphatic rings. The minimum absolute atomic E-state index is 0.178. The average molecular weight is 392 g/mol. The second-order valence-corrected chi connectivity index (χ2v) is 8.42. The molecule has 0 radical (unpaired) electrons. The molecule has 1 N–H and O–H groups in total. The van der Waals surface area contributed by atoms with E-state index in [0.29, 0.717) is 6.61 Å². The van der Waals surface area contributed by atoms with Gasteiger partial charge in [-0.05, 0) is 43.5 Å². The maximum Gasteiger partial charge on any atom is 0.348 e. The number of unbranched alkanes of at least 4 members (excludes halogenated alkanes) is 1. The molecule has 0 amide bonds. The summed E-state index contributed by atoms with van der Waals surface area (Å²) in [6, 6.07) is 14.5. The fourth-order valence-electron chi connectivity index (χ4n) is 2.42. The highest BCUT2D eigenvalue weighted by atomic mass is 32.2. The number of nitrogens with one attached hydrogen (secondary N) is 1. The van der Waals surface area contributed by atoms with Gasteiger partial charge in [-0.3, -0.25) is 0 Å². The van der Waals surface area contributed by atoms with Gasteiger partial charge in [0.25, 0.3) is 0 Å². The summed E-state index contributed by atoms with van der Waals surface area (Å²) in [5.74, 6) is 2.03. The number of hydrogen-bond donors (Lipinski definition) is 1. The molecular formula is C21H29NO2S2. The maximum absolute atomic E-state index is 11.9. The summed E-state index contributed by atoms with van der Waals surface area (Å²) in [7, 11) is 0. The molecule has 1 heterocycles. The van der Waals surface area contributed by atoms with Crippen molar-refractivity contribution in [1.29, 1.82) is 0 Å². The van der Waals surface area contributed by atoms with Gasteiger partial charge < -0.3 is 10.1 Å². The van der Waals surface area contributed by atoms with Gasteiger partial charge in [0.1, 0.15) is 4.88 Å². The molecule has 5 heteroatoms. The van der Waals surface area contributed by atoms with Crippen LogP contribution in [0, 0.1) is 0 Å². The molecule has 142 valence electrons. The van der Waals surface area contributed by atoms with Gasteiger partial charge in [0.05, 0.1) is 6.61 Å². The Morgan fingerprint density at radius 3 is 2.77 bits per heavy atom. The van der Waals surface area contributed by atoms with Crippen LogP contribution in [0.5, 0.6) is 0 Å². The van der Waals surface area contributed by atoms with Crippen LogP contribution in [0.1, 0.15) is 46.3 Å². The second-order valence-electron chi connectivity index (χ2n) is 6.15. The molecule has 0 bridgehead atoms. The normalized spacial score (nSPS) is 10.8. The van der Waals surface area contributed by atoms with Gasteiger partial charge in [-0.2, -0.15) is 11.8 Å². The monoisotopic (exact) mass is 391 g/mol. The molecule has 0 saturated carbocycles. The number of ether oxygens (including phenoxy) is 1. The van der Waals surface area contributed by atoms with Gasteiger partial charge in [-0.15, -0.1) is 11.3 Å². The summed E-state index contributed by atoms with van der Waals surface area (Å²) in [6.45, 7) is 4.67. The number of carbonyl (C=O) groups is 1. The van der Waals surface area contributed by atoms with Gasteiger partial charge >= 0.3 is 5.97 Å². The Labute approximate surface area is 165 Å². The molecule has 0 atom stereocenters. The quantitative estimate of drug-likeness (QED) is 0.378. The molecule has 0 aliphatic heterocycles. The van der Waals surface area contributed by atoms with Crippen LogP contribution >= 0.6 is 23.1 Å². The fourth-order valence-corrected chi connectivity index (χ4v) is 4.23. The van der Waals surface area contributed by atoms with Crippen molar-refractivity contribution < 1.29 is 9.53 Å². The molecule has 0 aliphatic carbocycles. The highest BCUT2D eigenvalue weighted by Gasteiger charge is 2.10. The highest BCUT2D eigenvalue weighted by Crippen LogP contribution is 2.19. The van der Waals surface area contributed by atoms with Crippen LogP contribution in [-0.4, -0.2) is 31.4 Å². The van der Waals surface area contributed by atoms with Crippen molar-refractivity contribution in [3.63, 3.8) is 0 Å². The van der Waals surface area contributed by atoms with Gasteiger partial charge in [-0.1, -0.05) is 43.7 Å². The number of benzene rings is 1. The lowest BCUT2D eigenvalue weighted by molar-refractivity contribution is 0.0505. The molecule has 26 heavy (non-hydrogen) atoms. The minimum atomic E-state index is -0.178. The van der Waals surface area contributed by atoms with E-state index in [-0.39, 0.29) is 5.97 Å². The van der Waals surface area contributed by atoms with Crippen LogP contribution in [0.3, 0.4) is 0 Å². The highest BCUT2D eigenvalue weighted by molar-refractivity contribution is 7.98. The lowest BCUT2D eigenvalue weighted by atomic mass is 10.2. The first kappa shape index (κ1) is 21.0. The van der Waals surface area contributed by atoms with E-state index in [1.54, 1.807) is 11.3 Å². The van der Waals surface area contributed by atoms with E-state index in [4.69, 9.17) is 4.74 Å². The van der Waals surface area contributed by atoms with Gasteiger partial charge in [-0.25, -0.2) is 4.79 Å². The molecule has 0 saturated heterocycles. The van der Waals surface area contributed by atoms with Gasteiger partial charge in [0.15, 0.2) is 0 Å². The molecule has 0 fully saturated rings. The first-order valence-electron chi connectivity index (χ1n) is 9.38. The number of hydrogen-bond acceptors (Lipinski definition) is 5. The predicted octanol–water partition coefficient (Wildman–Crippen LogP) is 5.16. The molecule has 3 nitrogen and oxygen atoms in total. The molecule has 2 aromatic rings. The third kappa shape index (κ3) is 8.39. The van der Waals surface area contributed by atoms with E-state index >= 15 is 0 Å². The van der Waals surface area contributed by atoms with Crippen LogP contribution in [0.4, 0.5) is 0 Å². The Morgan fingerprint density at radius 1 is 1.12 bits per heavy atom. The van der Waals surface area contributed by atoms with Crippen LogP contribution in [0.15, 0.2) is 42.5 Å². The van der Waals surface area contributed by atoms with Crippen LogP contribution < -0.4 is 5.32 Å². The number of carbonyl (C=O) groups excluding carboxylic acids is 1. The van der Waals surface area contributed by atoms with E-state index in [9.17, 15) is 4.79 Å². The first-order valence-corrected chi connectivity index (χ1v) is 11.3. The molecule has 0 spiro atoms. The molecule has 2 rings (SSSR count). The topological polar surface area (TPSA) is 38.3 Å². The van der Waals surface area contributed by atoms with Crippen molar-refractivity contribution in [3.8, 4) is 0 Å². The first-order chi connectivity index (χ1) is 12.8. The average Bonchev–Trinajstić information content (AvgIpc) is 3.14. The summed E-state index contributed by atoms with van der Waals surface area (Å²) in [5.41, 5.74) is 1.39. The molecule has 1 aromatic carbocycles. The largest absolute Gasteiger partial charge is 0.462 e. The van der Waals surface area contributed by atoms with Crippen LogP contribution in [-0.2, 0) is 16.9 Å². The van der Waals surface area contributed by atoms with E-state index in [2.05, 4.69) is 48.6 Å². The minimum Gasteiger partial charge on any atom is -0.462 e. The molecule has 0 unspecified atom stereocenters. The van der Waals surface area contributed by atoms with Gasteiger partial charge in [0, 0.05) is 22.9 Å². The molecular weight excluding hydrogens is 362 g/mol. The van der Waals surface area contributed by atoms with Crippen molar-refractivity contribution in [2.45, 2.75) is 38.4 Å². The zero-order valence-corrected chi connectivity index (χ0v) is 17.2. The lowest BCUT2D eigenvalue weighted by Crippen LogP contribution is -2.18. The Bertz CT molecular complexity index is 628. The number of thioether (sulfide) groups is 1. The Balaban J connectivity index is 1.50. The number of esters is 1. The zero-order valence-electron chi connectivity index (χ0n) is 15.5. The van der Waals surface area contributed by atoms with Crippen molar-refractivity contribution in [1.82, 2.24) is 5.32 Å². The summed E-state index contributed by atoms with van der Waals surface area (Å²) in [4.78, 5) is 13.9. The Morgan fingerprint density at radius 2 is 1.96 bits per heavy atom. The number of thiophene rings is 1. The molecule has 1 aromatic heterocycles. The summed E-state index contributed by atoms with van der Waals surface area (Å²) < 4.78 is 5.25. The van der Waals surface area contributed by atoms with E-state index in [0.717, 1.165) is 55.2 Å². The number of aryl methyl sites for hydroxylation is 1. The van der Waals surface area contributed by atoms with Crippen molar-refractivity contribution >= 4 is 29.1 Å². The summed E-state index contributed by atoms with van der Waals surface area (Å²) >= 11 is 3.53. The van der Waals surface area contributed by atoms with Crippen LogP contribution in [0.25, 0.3) is 0 Å². The second kappa shape index (κ2) is 13.0. The third-order valence-corrected chi connectivity index (χ3v) is 6.06. The fraction of sp³-hybridized carbons (Fsp3) is 0.476. The Kier molecular flexibility index (Phi) is 10.5.